The Morgan fingerprint density at radius 2 is 1.69 bits per heavy atom. The topological polar surface area (TPSA) is 55.4 Å². The summed E-state index contributed by atoms with van der Waals surface area (Å²) in [4.78, 5) is 24.1. The van der Waals surface area contributed by atoms with Crippen molar-refractivity contribution in [3.8, 4) is 0 Å². The number of carbonyl (C=O) groups excluding carboxylic acids is 2. The average Bonchev–Trinajstić information content (AvgIpc) is 2.63. The summed E-state index contributed by atoms with van der Waals surface area (Å²) < 4.78 is 5.15. The van der Waals surface area contributed by atoms with Crippen LogP contribution in [0.5, 0.6) is 0 Å². The Labute approximate surface area is 154 Å². The number of anilines is 1. The smallest absolute Gasteiger partial charge is 0.310 e. The summed E-state index contributed by atoms with van der Waals surface area (Å²) >= 11 is 0. The maximum atomic E-state index is 12.1. The lowest BCUT2D eigenvalue weighted by molar-refractivity contribution is -0.146. The summed E-state index contributed by atoms with van der Waals surface area (Å²) in [6.45, 7) is 3.60. The molecule has 0 aliphatic heterocycles. The molecule has 0 saturated heterocycles. The van der Waals surface area contributed by atoms with Crippen LogP contribution in [0, 0.1) is 13.8 Å². The van der Waals surface area contributed by atoms with Crippen LogP contribution in [0.25, 0.3) is 0 Å². The van der Waals surface area contributed by atoms with Crippen molar-refractivity contribution >= 4 is 17.6 Å². The summed E-state index contributed by atoms with van der Waals surface area (Å²) in [5, 5.41) is 2.82. The van der Waals surface area contributed by atoms with Gasteiger partial charge < -0.3 is 10.1 Å². The Morgan fingerprint density at radius 3 is 2.42 bits per heavy atom. The minimum atomic E-state index is -0.377. The Balaban J connectivity index is 1.51. The van der Waals surface area contributed by atoms with Crippen LogP contribution in [0.2, 0.25) is 0 Å². The van der Waals surface area contributed by atoms with Crippen molar-refractivity contribution in [2.24, 2.45) is 0 Å². The van der Waals surface area contributed by atoms with Crippen LogP contribution in [0.3, 0.4) is 0 Å². The van der Waals surface area contributed by atoms with E-state index in [0.29, 0.717) is 0 Å². The molecule has 1 amide bonds. The van der Waals surface area contributed by atoms with Gasteiger partial charge in [-0.3, -0.25) is 9.59 Å². The maximum absolute atomic E-state index is 12.1. The third kappa shape index (κ3) is 4.51. The monoisotopic (exact) mass is 351 g/mol. The molecule has 0 aromatic heterocycles. The Bertz CT molecular complexity index is 806. The zero-order valence-corrected chi connectivity index (χ0v) is 15.4. The number of para-hydroxylation sites is 1. The van der Waals surface area contributed by atoms with Crippen LogP contribution in [0.15, 0.2) is 36.4 Å². The van der Waals surface area contributed by atoms with Gasteiger partial charge >= 0.3 is 5.97 Å². The maximum Gasteiger partial charge on any atom is 0.310 e. The molecule has 2 aromatic rings. The number of aryl methyl sites for hydroxylation is 4. The first kappa shape index (κ1) is 18.2. The third-order valence-corrected chi connectivity index (χ3v) is 4.87. The second kappa shape index (κ2) is 8.17. The Morgan fingerprint density at radius 1 is 1.00 bits per heavy atom. The van der Waals surface area contributed by atoms with E-state index in [-0.39, 0.29) is 24.9 Å². The van der Waals surface area contributed by atoms with E-state index in [0.717, 1.165) is 35.2 Å². The summed E-state index contributed by atoms with van der Waals surface area (Å²) in [6.07, 6.45) is 4.85. The highest BCUT2D eigenvalue weighted by atomic mass is 16.5. The molecular formula is C22H25NO3. The minimum absolute atomic E-state index is 0.198. The van der Waals surface area contributed by atoms with E-state index in [1.165, 1.54) is 24.0 Å². The van der Waals surface area contributed by atoms with E-state index < -0.39 is 0 Å². The van der Waals surface area contributed by atoms with Gasteiger partial charge in [0, 0.05) is 5.69 Å². The molecule has 26 heavy (non-hydrogen) atoms. The molecule has 0 atom stereocenters. The van der Waals surface area contributed by atoms with Crippen LogP contribution in [0.4, 0.5) is 5.69 Å². The fourth-order valence-electron chi connectivity index (χ4n) is 3.45. The van der Waals surface area contributed by atoms with Gasteiger partial charge in [0.05, 0.1) is 6.42 Å². The number of benzene rings is 2. The molecule has 1 aliphatic rings. The van der Waals surface area contributed by atoms with Crippen LogP contribution in [-0.4, -0.2) is 18.5 Å². The van der Waals surface area contributed by atoms with Gasteiger partial charge in [-0.2, -0.15) is 0 Å². The van der Waals surface area contributed by atoms with Gasteiger partial charge in [0.1, 0.15) is 0 Å². The van der Waals surface area contributed by atoms with Crippen LogP contribution >= 0.6 is 0 Å². The fraction of sp³-hybridized carbons (Fsp3) is 0.364. The van der Waals surface area contributed by atoms with Gasteiger partial charge in [0.15, 0.2) is 6.61 Å². The number of fused-ring (bicyclic) bond motifs is 1. The number of esters is 1. The number of nitrogens with one attached hydrogen (secondary N) is 1. The van der Waals surface area contributed by atoms with Gasteiger partial charge in [0.2, 0.25) is 0 Å². The number of hydrogen-bond donors (Lipinski definition) is 1. The van der Waals surface area contributed by atoms with Crippen LogP contribution in [-0.2, 0) is 33.6 Å². The van der Waals surface area contributed by atoms with Crippen molar-refractivity contribution in [3.05, 3.63) is 64.2 Å². The van der Waals surface area contributed by atoms with Crippen molar-refractivity contribution in [1.29, 1.82) is 0 Å². The molecule has 0 spiro atoms. The van der Waals surface area contributed by atoms with Crippen molar-refractivity contribution in [2.45, 2.75) is 46.0 Å². The van der Waals surface area contributed by atoms with E-state index >= 15 is 0 Å². The molecule has 3 rings (SSSR count). The van der Waals surface area contributed by atoms with Crippen LogP contribution in [0.1, 0.15) is 40.7 Å². The lowest BCUT2D eigenvalue weighted by Gasteiger charge is -2.16. The third-order valence-electron chi connectivity index (χ3n) is 4.87. The minimum Gasteiger partial charge on any atom is -0.455 e. The van der Waals surface area contributed by atoms with E-state index in [2.05, 4.69) is 17.4 Å². The molecule has 1 aliphatic carbocycles. The van der Waals surface area contributed by atoms with Gasteiger partial charge in [0.25, 0.3) is 5.91 Å². The first-order chi connectivity index (χ1) is 12.5. The molecule has 4 nitrogen and oxygen atoms in total. The summed E-state index contributed by atoms with van der Waals surface area (Å²) in [5.41, 5.74) is 6.43. The Kier molecular flexibility index (Phi) is 5.71. The molecule has 1 N–H and O–H groups in total. The average molecular weight is 351 g/mol. The highest BCUT2D eigenvalue weighted by Gasteiger charge is 2.13. The highest BCUT2D eigenvalue weighted by molar-refractivity contribution is 5.94. The summed E-state index contributed by atoms with van der Waals surface area (Å²) in [6, 6.07) is 12.0. The molecule has 2 aromatic carbocycles. The first-order valence-corrected chi connectivity index (χ1v) is 9.15. The van der Waals surface area contributed by atoms with Gasteiger partial charge in [-0.1, -0.05) is 36.4 Å². The van der Waals surface area contributed by atoms with E-state index in [1.807, 2.05) is 38.1 Å². The zero-order chi connectivity index (χ0) is 18.5. The largest absolute Gasteiger partial charge is 0.455 e. The summed E-state index contributed by atoms with van der Waals surface area (Å²) in [7, 11) is 0. The van der Waals surface area contributed by atoms with E-state index in [9.17, 15) is 9.59 Å². The lowest BCUT2D eigenvalue weighted by atomic mass is 9.90. The Hall–Kier alpha value is -2.62. The van der Waals surface area contributed by atoms with Gasteiger partial charge in [-0.15, -0.1) is 0 Å². The lowest BCUT2D eigenvalue weighted by Crippen LogP contribution is -2.22. The number of carbonyl (C=O) groups is 2. The molecule has 4 heteroatoms. The molecule has 0 unspecified atom stereocenters. The number of ether oxygens (including phenoxy) is 1. The SMILES string of the molecule is Cc1cccc(C)c1NC(=O)COC(=O)Cc1ccc2c(c1)CCCC2. The van der Waals surface area contributed by atoms with Gasteiger partial charge in [-0.05, 0) is 67.3 Å². The number of rotatable bonds is 5. The fourth-order valence-corrected chi connectivity index (χ4v) is 3.45. The molecule has 0 radical (unpaired) electrons. The van der Waals surface area contributed by atoms with Crippen LogP contribution < -0.4 is 5.32 Å². The standard InChI is InChI=1S/C22H25NO3/c1-15-6-5-7-16(2)22(15)23-20(24)14-26-21(25)13-17-10-11-18-8-3-4-9-19(18)12-17/h5-7,10-12H,3-4,8-9,13-14H2,1-2H3,(H,23,24). The second-order valence-corrected chi connectivity index (χ2v) is 6.96. The molecular weight excluding hydrogens is 326 g/mol. The van der Waals surface area contributed by atoms with Crippen molar-refractivity contribution < 1.29 is 14.3 Å². The van der Waals surface area contributed by atoms with E-state index in [1.54, 1.807) is 0 Å². The molecule has 0 heterocycles. The normalized spacial score (nSPS) is 13.0. The molecule has 0 bridgehead atoms. The highest BCUT2D eigenvalue weighted by Crippen LogP contribution is 2.22. The quantitative estimate of drug-likeness (QED) is 0.831. The number of amides is 1. The van der Waals surface area contributed by atoms with Gasteiger partial charge in [-0.25, -0.2) is 0 Å². The predicted octanol–water partition coefficient (Wildman–Crippen LogP) is 3.91. The molecule has 0 saturated carbocycles. The zero-order valence-electron chi connectivity index (χ0n) is 15.4. The van der Waals surface area contributed by atoms with Crippen molar-refractivity contribution in [2.75, 3.05) is 11.9 Å². The summed E-state index contributed by atoms with van der Waals surface area (Å²) in [5.74, 6) is -0.696. The number of hydrogen-bond acceptors (Lipinski definition) is 3. The van der Waals surface area contributed by atoms with Crippen molar-refractivity contribution in [3.63, 3.8) is 0 Å². The van der Waals surface area contributed by atoms with E-state index in [4.69, 9.17) is 4.74 Å². The second-order valence-electron chi connectivity index (χ2n) is 6.96. The molecule has 0 fully saturated rings. The molecule has 136 valence electrons. The first-order valence-electron chi connectivity index (χ1n) is 9.15. The van der Waals surface area contributed by atoms with Crippen molar-refractivity contribution in [1.82, 2.24) is 0 Å². The predicted molar refractivity (Wildman–Crippen MR) is 102 cm³/mol.